The molecule has 0 spiro atoms. The Morgan fingerprint density at radius 1 is 1.11 bits per heavy atom. The summed E-state index contributed by atoms with van der Waals surface area (Å²) in [7, 11) is -1.91. The Morgan fingerprint density at radius 2 is 1.81 bits per heavy atom. The molecule has 7 heteroatoms. The highest BCUT2D eigenvalue weighted by atomic mass is 32.2. The zero-order chi connectivity index (χ0) is 19.6. The van der Waals surface area contributed by atoms with E-state index in [0.29, 0.717) is 36.5 Å². The lowest BCUT2D eigenvalue weighted by molar-refractivity contribution is 0.0774. The van der Waals surface area contributed by atoms with Crippen molar-refractivity contribution in [1.82, 2.24) is 9.21 Å². The fourth-order valence-corrected chi connectivity index (χ4v) is 5.12. The standard InChI is InChI=1S/C20H26N2O4S/c1-15-7-9-17(20(23)21(3)14-18-10-8-16(2)26-18)13-19(15)27(24,25)22-11-5-4-6-12-22/h7-10,13H,4-6,11-12,14H2,1-3H3. The number of carbonyl (C=O) groups excluding carboxylic acids is 1. The number of rotatable bonds is 5. The maximum absolute atomic E-state index is 13.0. The molecule has 1 amide bonds. The summed E-state index contributed by atoms with van der Waals surface area (Å²) in [5.41, 5.74) is 1.02. The van der Waals surface area contributed by atoms with Crippen molar-refractivity contribution in [2.45, 2.75) is 44.6 Å². The second-order valence-electron chi connectivity index (χ2n) is 7.12. The molecule has 1 aliphatic rings. The van der Waals surface area contributed by atoms with Crippen molar-refractivity contribution in [3.05, 3.63) is 53.0 Å². The van der Waals surface area contributed by atoms with Crippen LogP contribution in [0.1, 0.15) is 46.7 Å². The number of hydrogen-bond acceptors (Lipinski definition) is 4. The lowest BCUT2D eigenvalue weighted by atomic mass is 10.1. The third kappa shape index (κ3) is 4.25. The molecule has 0 radical (unpaired) electrons. The Morgan fingerprint density at radius 3 is 2.44 bits per heavy atom. The zero-order valence-electron chi connectivity index (χ0n) is 16.1. The van der Waals surface area contributed by atoms with Crippen molar-refractivity contribution >= 4 is 15.9 Å². The number of sulfonamides is 1. The molecule has 27 heavy (non-hydrogen) atoms. The average Bonchev–Trinajstić information content (AvgIpc) is 3.06. The largest absolute Gasteiger partial charge is 0.464 e. The van der Waals surface area contributed by atoms with E-state index in [1.54, 1.807) is 26.1 Å². The number of carbonyl (C=O) groups is 1. The van der Waals surface area contributed by atoms with E-state index in [1.165, 1.54) is 15.3 Å². The summed E-state index contributed by atoms with van der Waals surface area (Å²) in [4.78, 5) is 14.5. The van der Waals surface area contributed by atoms with Gasteiger partial charge in [-0.15, -0.1) is 0 Å². The summed E-state index contributed by atoms with van der Waals surface area (Å²) in [5.74, 6) is 1.24. The van der Waals surface area contributed by atoms with Crippen LogP contribution in [0.2, 0.25) is 0 Å². The summed E-state index contributed by atoms with van der Waals surface area (Å²) in [5, 5.41) is 0. The molecule has 0 atom stereocenters. The summed E-state index contributed by atoms with van der Waals surface area (Å²) in [6.07, 6.45) is 2.81. The fraction of sp³-hybridized carbons (Fsp3) is 0.450. The number of amides is 1. The number of piperidine rings is 1. The molecule has 1 aromatic carbocycles. The van der Waals surface area contributed by atoms with Crippen LogP contribution in [0.5, 0.6) is 0 Å². The second kappa shape index (κ2) is 7.86. The first kappa shape index (κ1) is 19.6. The molecule has 146 valence electrons. The monoisotopic (exact) mass is 390 g/mol. The van der Waals surface area contributed by atoms with Crippen molar-refractivity contribution in [1.29, 1.82) is 0 Å². The van der Waals surface area contributed by atoms with Gasteiger partial charge in [0.15, 0.2) is 0 Å². The molecule has 1 aliphatic heterocycles. The van der Waals surface area contributed by atoms with Crippen LogP contribution in [-0.4, -0.2) is 43.7 Å². The minimum Gasteiger partial charge on any atom is -0.464 e. The summed E-state index contributed by atoms with van der Waals surface area (Å²) >= 11 is 0. The quantitative estimate of drug-likeness (QED) is 0.785. The van der Waals surface area contributed by atoms with E-state index in [9.17, 15) is 13.2 Å². The molecule has 2 heterocycles. The normalized spacial score (nSPS) is 15.7. The van der Waals surface area contributed by atoms with Gasteiger partial charge in [0.05, 0.1) is 11.4 Å². The summed E-state index contributed by atoms with van der Waals surface area (Å²) in [6, 6.07) is 8.57. The summed E-state index contributed by atoms with van der Waals surface area (Å²) in [6.45, 7) is 5.02. The average molecular weight is 391 g/mol. The molecule has 1 fully saturated rings. The van der Waals surface area contributed by atoms with Gasteiger partial charge in [0.25, 0.3) is 5.91 Å². The van der Waals surface area contributed by atoms with Gasteiger partial charge in [-0.3, -0.25) is 4.79 Å². The molecular formula is C20H26N2O4S. The van der Waals surface area contributed by atoms with Crippen LogP contribution in [0.3, 0.4) is 0 Å². The van der Waals surface area contributed by atoms with E-state index in [0.717, 1.165) is 25.0 Å². The second-order valence-corrected chi connectivity index (χ2v) is 9.02. The molecule has 1 aromatic heterocycles. The Labute approximate surface area is 160 Å². The maximum atomic E-state index is 13.0. The van der Waals surface area contributed by atoms with E-state index >= 15 is 0 Å². The van der Waals surface area contributed by atoms with Gasteiger partial charge >= 0.3 is 0 Å². The Kier molecular flexibility index (Phi) is 5.72. The first-order valence-corrected chi connectivity index (χ1v) is 10.6. The highest BCUT2D eigenvalue weighted by molar-refractivity contribution is 7.89. The van der Waals surface area contributed by atoms with Gasteiger partial charge < -0.3 is 9.32 Å². The smallest absolute Gasteiger partial charge is 0.254 e. The minimum atomic E-state index is -3.59. The van der Waals surface area contributed by atoms with Crippen molar-refractivity contribution in [3.63, 3.8) is 0 Å². The highest BCUT2D eigenvalue weighted by Gasteiger charge is 2.28. The van der Waals surface area contributed by atoms with Crippen LogP contribution >= 0.6 is 0 Å². The first-order chi connectivity index (χ1) is 12.8. The van der Waals surface area contributed by atoms with E-state index in [2.05, 4.69) is 0 Å². The molecular weight excluding hydrogens is 364 g/mol. The predicted molar refractivity (Wildman–Crippen MR) is 103 cm³/mol. The van der Waals surface area contributed by atoms with Crippen molar-refractivity contribution in [3.8, 4) is 0 Å². The molecule has 1 saturated heterocycles. The zero-order valence-corrected chi connectivity index (χ0v) is 16.9. The van der Waals surface area contributed by atoms with Crippen molar-refractivity contribution in [2.24, 2.45) is 0 Å². The first-order valence-electron chi connectivity index (χ1n) is 9.20. The van der Waals surface area contributed by atoms with Gasteiger partial charge in [0, 0.05) is 25.7 Å². The van der Waals surface area contributed by atoms with Crippen LogP contribution in [0.4, 0.5) is 0 Å². The highest BCUT2D eigenvalue weighted by Crippen LogP contribution is 2.25. The maximum Gasteiger partial charge on any atom is 0.254 e. The van der Waals surface area contributed by atoms with E-state index in [1.807, 2.05) is 19.1 Å². The third-order valence-electron chi connectivity index (χ3n) is 4.90. The van der Waals surface area contributed by atoms with Crippen molar-refractivity contribution in [2.75, 3.05) is 20.1 Å². The molecule has 0 saturated carbocycles. The molecule has 0 unspecified atom stereocenters. The van der Waals surface area contributed by atoms with Crippen molar-refractivity contribution < 1.29 is 17.6 Å². The Bertz CT molecular complexity index is 927. The molecule has 0 N–H and O–H groups in total. The molecule has 0 aliphatic carbocycles. The number of furan rings is 1. The van der Waals surface area contributed by atoms with Gasteiger partial charge in [0.2, 0.25) is 10.0 Å². The molecule has 2 aromatic rings. The number of nitrogens with zero attached hydrogens (tertiary/aromatic N) is 2. The minimum absolute atomic E-state index is 0.220. The fourth-order valence-electron chi connectivity index (χ4n) is 3.35. The number of benzene rings is 1. The summed E-state index contributed by atoms with van der Waals surface area (Å²) < 4.78 is 33.1. The van der Waals surface area contributed by atoms with Gasteiger partial charge in [-0.1, -0.05) is 12.5 Å². The molecule has 3 rings (SSSR count). The van der Waals surface area contributed by atoms with E-state index < -0.39 is 10.0 Å². The molecule has 6 nitrogen and oxygen atoms in total. The lowest BCUT2D eigenvalue weighted by Crippen LogP contribution is -2.36. The SMILES string of the molecule is Cc1ccc(CN(C)C(=O)c2ccc(C)c(S(=O)(=O)N3CCCCC3)c2)o1. The van der Waals surface area contributed by atoms with E-state index in [-0.39, 0.29) is 10.8 Å². The topological polar surface area (TPSA) is 70.8 Å². The van der Waals surface area contributed by atoms with Crippen LogP contribution < -0.4 is 0 Å². The van der Waals surface area contributed by atoms with Crippen LogP contribution in [0, 0.1) is 13.8 Å². The van der Waals surface area contributed by atoms with Gasteiger partial charge in [-0.05, 0) is 56.5 Å². The lowest BCUT2D eigenvalue weighted by Gasteiger charge is -2.27. The van der Waals surface area contributed by atoms with Crippen LogP contribution in [-0.2, 0) is 16.6 Å². The van der Waals surface area contributed by atoms with E-state index in [4.69, 9.17) is 4.42 Å². The van der Waals surface area contributed by atoms with Crippen LogP contribution in [0.25, 0.3) is 0 Å². The van der Waals surface area contributed by atoms with Crippen LogP contribution in [0.15, 0.2) is 39.6 Å². The number of aryl methyl sites for hydroxylation is 2. The Hall–Kier alpha value is -2.12. The van der Waals surface area contributed by atoms with Gasteiger partial charge in [-0.25, -0.2) is 8.42 Å². The third-order valence-corrected chi connectivity index (χ3v) is 6.94. The van der Waals surface area contributed by atoms with Gasteiger partial charge in [-0.2, -0.15) is 4.31 Å². The molecule has 0 bridgehead atoms. The van der Waals surface area contributed by atoms with Gasteiger partial charge in [0.1, 0.15) is 11.5 Å². The predicted octanol–water partition coefficient (Wildman–Crippen LogP) is 3.34. The number of hydrogen-bond donors (Lipinski definition) is 0. The Balaban J connectivity index is 1.84.